The van der Waals surface area contributed by atoms with Crippen molar-refractivity contribution in [1.29, 1.82) is 0 Å². The second-order valence-electron chi connectivity index (χ2n) is 6.23. The van der Waals surface area contributed by atoms with Crippen LogP contribution in [0.25, 0.3) is 10.9 Å². The molecule has 0 radical (unpaired) electrons. The summed E-state index contributed by atoms with van der Waals surface area (Å²) in [5, 5.41) is 5.38. The summed E-state index contributed by atoms with van der Waals surface area (Å²) in [6, 6.07) is 11.8. The summed E-state index contributed by atoms with van der Waals surface area (Å²) < 4.78 is 0. The molecular weight excluding hydrogens is 355 g/mol. The number of nitrogens with zero attached hydrogens (tertiary/aromatic N) is 3. The lowest BCUT2D eigenvalue weighted by Gasteiger charge is -2.29. The highest BCUT2D eigenvalue weighted by Crippen LogP contribution is 2.31. The third-order valence-corrected chi connectivity index (χ3v) is 5.26. The van der Waals surface area contributed by atoms with Crippen LogP contribution in [0.1, 0.15) is 19.3 Å². The summed E-state index contributed by atoms with van der Waals surface area (Å²) >= 11 is 12.1. The average molecular weight is 373 g/mol. The highest BCUT2D eigenvalue weighted by molar-refractivity contribution is 6.42. The van der Waals surface area contributed by atoms with Crippen molar-refractivity contribution in [2.24, 2.45) is 0 Å². The zero-order valence-electron chi connectivity index (χ0n) is 13.7. The number of nitrogens with one attached hydrogen (secondary N) is 1. The molecule has 0 unspecified atom stereocenters. The number of fused-ring (bicyclic) bond motifs is 1. The van der Waals surface area contributed by atoms with Gasteiger partial charge in [0.1, 0.15) is 12.1 Å². The van der Waals surface area contributed by atoms with Crippen molar-refractivity contribution in [2.45, 2.75) is 19.3 Å². The van der Waals surface area contributed by atoms with Gasteiger partial charge >= 0.3 is 0 Å². The Bertz CT molecular complexity index is 907. The van der Waals surface area contributed by atoms with E-state index in [0.29, 0.717) is 10.0 Å². The van der Waals surface area contributed by atoms with E-state index in [2.05, 4.69) is 38.4 Å². The van der Waals surface area contributed by atoms with Gasteiger partial charge in [0.15, 0.2) is 0 Å². The molecule has 1 fully saturated rings. The summed E-state index contributed by atoms with van der Waals surface area (Å²) in [7, 11) is 0. The van der Waals surface area contributed by atoms with Gasteiger partial charge in [0.25, 0.3) is 0 Å². The van der Waals surface area contributed by atoms with E-state index in [1.807, 2.05) is 6.07 Å². The predicted molar refractivity (Wildman–Crippen MR) is 105 cm³/mol. The lowest BCUT2D eigenvalue weighted by Crippen LogP contribution is -2.29. The molecule has 2 heterocycles. The first-order valence-corrected chi connectivity index (χ1v) is 9.18. The number of hydrogen-bond donors (Lipinski definition) is 1. The van der Waals surface area contributed by atoms with E-state index < -0.39 is 0 Å². The van der Waals surface area contributed by atoms with Crippen molar-refractivity contribution < 1.29 is 0 Å². The van der Waals surface area contributed by atoms with Crippen LogP contribution in [0.2, 0.25) is 10.0 Å². The van der Waals surface area contributed by atoms with Gasteiger partial charge in [0.2, 0.25) is 0 Å². The second kappa shape index (κ2) is 7.06. The van der Waals surface area contributed by atoms with Crippen molar-refractivity contribution >= 4 is 51.3 Å². The van der Waals surface area contributed by atoms with Crippen molar-refractivity contribution in [1.82, 2.24) is 9.97 Å². The topological polar surface area (TPSA) is 41.1 Å². The quantitative estimate of drug-likeness (QED) is 0.642. The van der Waals surface area contributed by atoms with Crippen molar-refractivity contribution in [3.05, 3.63) is 52.8 Å². The fourth-order valence-corrected chi connectivity index (χ4v) is 3.50. The molecule has 1 aliphatic rings. The Morgan fingerprint density at radius 2 is 1.72 bits per heavy atom. The van der Waals surface area contributed by atoms with Gasteiger partial charge in [-0.3, -0.25) is 0 Å². The second-order valence-corrected chi connectivity index (χ2v) is 7.04. The van der Waals surface area contributed by atoms with E-state index in [0.717, 1.165) is 35.5 Å². The predicted octanol–water partition coefficient (Wildman–Crippen LogP) is 5.67. The monoisotopic (exact) mass is 372 g/mol. The molecule has 6 heteroatoms. The molecule has 3 aromatic rings. The maximum atomic E-state index is 6.11. The smallest absolute Gasteiger partial charge is 0.141 e. The van der Waals surface area contributed by atoms with Gasteiger partial charge < -0.3 is 10.2 Å². The van der Waals surface area contributed by atoms with Crippen molar-refractivity contribution in [3.63, 3.8) is 0 Å². The van der Waals surface area contributed by atoms with Crippen LogP contribution in [0.3, 0.4) is 0 Å². The molecule has 0 bridgehead atoms. The van der Waals surface area contributed by atoms with Gasteiger partial charge in [-0.15, -0.1) is 0 Å². The van der Waals surface area contributed by atoms with E-state index in [4.69, 9.17) is 23.2 Å². The first-order valence-electron chi connectivity index (χ1n) is 8.42. The summed E-state index contributed by atoms with van der Waals surface area (Å²) in [5.41, 5.74) is 2.98. The molecule has 4 nitrogen and oxygen atoms in total. The number of anilines is 3. The van der Waals surface area contributed by atoms with Crippen LogP contribution in [-0.4, -0.2) is 23.1 Å². The van der Waals surface area contributed by atoms with Gasteiger partial charge in [-0.05, 0) is 55.7 Å². The molecule has 2 aromatic carbocycles. The minimum Gasteiger partial charge on any atom is -0.372 e. The summed E-state index contributed by atoms with van der Waals surface area (Å²) in [6.07, 6.45) is 5.38. The lowest BCUT2D eigenvalue weighted by molar-refractivity contribution is 0.578. The molecule has 0 aliphatic carbocycles. The Labute approximate surface area is 156 Å². The fourth-order valence-electron chi connectivity index (χ4n) is 3.20. The van der Waals surface area contributed by atoms with Crippen LogP contribution in [0.5, 0.6) is 0 Å². The molecule has 0 saturated carbocycles. The van der Waals surface area contributed by atoms with Crippen LogP contribution >= 0.6 is 23.2 Å². The van der Waals surface area contributed by atoms with Gasteiger partial charge in [0.05, 0.1) is 15.6 Å². The fraction of sp³-hybridized carbons (Fsp3) is 0.263. The normalized spacial score (nSPS) is 14.7. The largest absolute Gasteiger partial charge is 0.372 e. The Balaban J connectivity index is 1.71. The Kier molecular flexibility index (Phi) is 4.64. The third kappa shape index (κ3) is 3.51. The molecule has 4 rings (SSSR count). The van der Waals surface area contributed by atoms with E-state index in [1.165, 1.54) is 24.9 Å². The number of halogens is 2. The maximum Gasteiger partial charge on any atom is 0.141 e. The molecule has 0 atom stereocenters. The highest BCUT2D eigenvalue weighted by atomic mass is 35.5. The van der Waals surface area contributed by atoms with Crippen LogP contribution in [-0.2, 0) is 0 Å². The standard InChI is InChI=1S/C19H18Cl2N4/c20-16-6-4-13(10-17(16)21)24-19-15-11-14(25-8-2-1-3-9-25)5-7-18(15)22-12-23-19/h4-7,10-12H,1-3,8-9H2,(H,22,23,24). The zero-order chi connectivity index (χ0) is 17.2. The molecule has 1 N–H and O–H groups in total. The molecule has 128 valence electrons. The molecule has 0 amide bonds. The van der Waals surface area contributed by atoms with Gasteiger partial charge in [-0.1, -0.05) is 23.2 Å². The maximum absolute atomic E-state index is 6.11. The van der Waals surface area contributed by atoms with E-state index >= 15 is 0 Å². The highest BCUT2D eigenvalue weighted by Gasteiger charge is 2.13. The van der Waals surface area contributed by atoms with Crippen molar-refractivity contribution in [3.8, 4) is 0 Å². The van der Waals surface area contributed by atoms with Crippen LogP contribution in [0, 0.1) is 0 Å². The molecule has 0 spiro atoms. The van der Waals surface area contributed by atoms with E-state index in [9.17, 15) is 0 Å². The van der Waals surface area contributed by atoms with Crippen LogP contribution < -0.4 is 10.2 Å². The third-order valence-electron chi connectivity index (χ3n) is 4.52. The zero-order valence-corrected chi connectivity index (χ0v) is 15.2. The number of rotatable bonds is 3. The van der Waals surface area contributed by atoms with Crippen LogP contribution in [0.4, 0.5) is 17.2 Å². The minimum absolute atomic E-state index is 0.513. The molecule has 1 aliphatic heterocycles. The molecule has 1 aromatic heterocycles. The average Bonchev–Trinajstić information content (AvgIpc) is 2.65. The Hall–Kier alpha value is -2.04. The summed E-state index contributed by atoms with van der Waals surface area (Å²) in [4.78, 5) is 11.2. The van der Waals surface area contributed by atoms with Gasteiger partial charge in [0, 0.05) is 29.9 Å². The number of piperidine rings is 1. The Morgan fingerprint density at radius 1 is 0.880 bits per heavy atom. The molecule has 25 heavy (non-hydrogen) atoms. The van der Waals surface area contributed by atoms with E-state index in [1.54, 1.807) is 18.5 Å². The Morgan fingerprint density at radius 3 is 2.52 bits per heavy atom. The van der Waals surface area contributed by atoms with Crippen LogP contribution in [0.15, 0.2) is 42.7 Å². The summed E-state index contributed by atoms with van der Waals surface area (Å²) in [5.74, 6) is 0.766. The number of hydrogen-bond acceptors (Lipinski definition) is 4. The SMILES string of the molecule is Clc1ccc(Nc2ncnc3ccc(N4CCCCC4)cc23)cc1Cl. The minimum atomic E-state index is 0.513. The van der Waals surface area contributed by atoms with E-state index in [-0.39, 0.29) is 0 Å². The number of aromatic nitrogens is 2. The number of benzene rings is 2. The van der Waals surface area contributed by atoms with Crippen molar-refractivity contribution in [2.75, 3.05) is 23.3 Å². The summed E-state index contributed by atoms with van der Waals surface area (Å²) in [6.45, 7) is 2.21. The molecule has 1 saturated heterocycles. The molecular formula is C19H18Cl2N4. The lowest BCUT2D eigenvalue weighted by atomic mass is 10.1. The van der Waals surface area contributed by atoms with Gasteiger partial charge in [-0.25, -0.2) is 9.97 Å². The van der Waals surface area contributed by atoms with Gasteiger partial charge in [-0.2, -0.15) is 0 Å². The first-order chi connectivity index (χ1) is 12.2. The first kappa shape index (κ1) is 16.4.